The molecule has 0 N–H and O–H groups in total. The molecular formula is C33H36FO10P. The van der Waals surface area contributed by atoms with Crippen LogP contribution >= 0.6 is 7.60 Å². The molecule has 0 spiro atoms. The Hall–Kier alpha value is -3.89. The summed E-state index contributed by atoms with van der Waals surface area (Å²) in [5.74, 6) is -2.60. The van der Waals surface area contributed by atoms with Crippen molar-refractivity contribution in [3.63, 3.8) is 0 Å². The third kappa shape index (κ3) is 9.80. The fourth-order valence-electron chi connectivity index (χ4n) is 4.43. The minimum absolute atomic E-state index is 0.122. The Morgan fingerprint density at radius 2 is 1.29 bits per heavy atom. The van der Waals surface area contributed by atoms with Crippen molar-refractivity contribution in [3.05, 3.63) is 108 Å². The number of alkyl halides is 1. The van der Waals surface area contributed by atoms with Gasteiger partial charge in [-0.3, -0.25) is 13.9 Å². The van der Waals surface area contributed by atoms with Gasteiger partial charge in [-0.2, -0.15) is 0 Å². The number of carbonyl (C=O) groups excluding carboxylic acids is 3. The van der Waals surface area contributed by atoms with Crippen molar-refractivity contribution in [3.8, 4) is 0 Å². The van der Waals surface area contributed by atoms with E-state index < -0.39 is 68.0 Å². The van der Waals surface area contributed by atoms with Crippen LogP contribution in [-0.4, -0.2) is 60.4 Å². The molecule has 0 aromatic heterocycles. The second-order valence-electron chi connectivity index (χ2n) is 11.3. The third-order valence-corrected chi connectivity index (χ3v) is 8.19. The lowest BCUT2D eigenvalue weighted by atomic mass is 10.00. The first kappa shape index (κ1) is 34.0. The largest absolute Gasteiger partial charge is 0.459 e. The van der Waals surface area contributed by atoms with Gasteiger partial charge in [-0.15, -0.1) is 0 Å². The summed E-state index contributed by atoms with van der Waals surface area (Å²) >= 11 is 0. The van der Waals surface area contributed by atoms with E-state index in [0.29, 0.717) is 5.56 Å². The number of ether oxygens (including phenoxy) is 4. The Kier molecular flexibility index (Phi) is 11.3. The van der Waals surface area contributed by atoms with Gasteiger partial charge in [-0.05, 0) is 57.5 Å². The molecule has 240 valence electrons. The molecule has 1 aliphatic rings. The van der Waals surface area contributed by atoms with E-state index in [4.69, 9.17) is 28.0 Å². The SMILES string of the molecule is C[C@@H]1O[C@@H](OP(=O)(CC(=O)OC(C)(C)C)OCc2ccccc2)[C@@H](F)[C@H](OC(=O)c2ccccc2)[C@@H]1OC(=O)c1ccccc1. The number of rotatable bonds is 11. The maximum atomic E-state index is 16.4. The van der Waals surface area contributed by atoms with Crippen LogP contribution in [0.2, 0.25) is 0 Å². The third-order valence-electron chi connectivity index (χ3n) is 6.49. The highest BCUT2D eigenvalue weighted by Gasteiger charge is 2.52. The number of esters is 3. The van der Waals surface area contributed by atoms with Gasteiger partial charge in [0, 0.05) is 0 Å². The summed E-state index contributed by atoms with van der Waals surface area (Å²) in [6, 6.07) is 24.5. The van der Waals surface area contributed by atoms with Crippen molar-refractivity contribution >= 4 is 25.5 Å². The number of benzene rings is 3. The molecule has 1 fully saturated rings. The Morgan fingerprint density at radius 3 is 1.80 bits per heavy atom. The number of halogens is 1. The molecule has 0 bridgehead atoms. The van der Waals surface area contributed by atoms with E-state index >= 15 is 4.39 Å². The number of hydrogen-bond donors (Lipinski definition) is 0. The fraction of sp³-hybridized carbons (Fsp3) is 0.364. The van der Waals surface area contributed by atoms with Crippen molar-refractivity contribution in [2.45, 2.75) is 70.7 Å². The lowest BCUT2D eigenvalue weighted by molar-refractivity contribution is -0.252. The summed E-state index contributed by atoms with van der Waals surface area (Å²) in [6.07, 6.45) is -9.40. The highest BCUT2D eigenvalue weighted by atomic mass is 31.2. The van der Waals surface area contributed by atoms with Gasteiger partial charge < -0.3 is 23.5 Å². The Morgan fingerprint density at radius 1 is 0.800 bits per heavy atom. The van der Waals surface area contributed by atoms with Crippen LogP contribution in [0, 0.1) is 0 Å². The van der Waals surface area contributed by atoms with Crippen molar-refractivity contribution < 1.29 is 51.3 Å². The quantitative estimate of drug-likeness (QED) is 0.134. The monoisotopic (exact) mass is 642 g/mol. The molecule has 0 aliphatic carbocycles. The van der Waals surface area contributed by atoms with E-state index in [1.165, 1.54) is 31.2 Å². The second kappa shape index (κ2) is 14.9. The zero-order chi connectivity index (χ0) is 32.6. The average Bonchev–Trinajstić information content (AvgIpc) is 3.00. The van der Waals surface area contributed by atoms with Crippen LogP contribution in [0.4, 0.5) is 4.39 Å². The van der Waals surface area contributed by atoms with Crippen molar-refractivity contribution in [1.82, 2.24) is 0 Å². The highest BCUT2D eigenvalue weighted by molar-refractivity contribution is 7.54. The van der Waals surface area contributed by atoms with Gasteiger partial charge in [0.2, 0.25) is 6.29 Å². The van der Waals surface area contributed by atoms with E-state index in [0.717, 1.165) is 0 Å². The predicted molar refractivity (Wildman–Crippen MR) is 161 cm³/mol. The zero-order valence-electron chi connectivity index (χ0n) is 25.4. The lowest BCUT2D eigenvalue weighted by Gasteiger charge is -2.41. The molecule has 1 saturated heterocycles. The smallest absolute Gasteiger partial charge is 0.344 e. The molecule has 1 unspecified atom stereocenters. The van der Waals surface area contributed by atoms with Crippen LogP contribution < -0.4 is 0 Å². The zero-order valence-corrected chi connectivity index (χ0v) is 26.3. The van der Waals surface area contributed by atoms with E-state index in [-0.39, 0.29) is 17.7 Å². The standard InChI is InChI=1S/C33H36FO10P/c1-22-28(41-30(36)24-16-10-6-11-17-24)29(42-31(37)25-18-12-7-13-19-25)27(34)32(40-22)44-45(38,21-26(35)43-33(2,3)4)39-20-23-14-8-5-9-15-23/h5-19,22,27-29,32H,20-21H2,1-4H3/t22-,27-,28+,29-,32-,45?/m0/s1. The summed E-state index contributed by atoms with van der Waals surface area (Å²) in [7, 11) is -4.46. The van der Waals surface area contributed by atoms with Crippen LogP contribution in [0.1, 0.15) is 54.0 Å². The lowest BCUT2D eigenvalue weighted by Crippen LogP contribution is -2.58. The van der Waals surface area contributed by atoms with Crippen LogP contribution in [0.3, 0.4) is 0 Å². The molecule has 1 heterocycles. The summed E-state index contributed by atoms with van der Waals surface area (Å²) in [5, 5.41) is 0. The van der Waals surface area contributed by atoms with Gasteiger partial charge in [0.25, 0.3) is 0 Å². The van der Waals surface area contributed by atoms with Crippen LogP contribution in [0.5, 0.6) is 0 Å². The van der Waals surface area contributed by atoms with E-state index in [2.05, 4.69) is 0 Å². The van der Waals surface area contributed by atoms with E-state index in [9.17, 15) is 18.9 Å². The van der Waals surface area contributed by atoms with Gasteiger partial charge in [-0.25, -0.2) is 14.0 Å². The molecule has 45 heavy (non-hydrogen) atoms. The molecule has 1 aliphatic heterocycles. The minimum Gasteiger partial charge on any atom is -0.459 e. The maximum Gasteiger partial charge on any atom is 0.344 e. The molecule has 6 atom stereocenters. The van der Waals surface area contributed by atoms with E-state index in [1.54, 1.807) is 87.5 Å². The Bertz CT molecular complexity index is 1480. The van der Waals surface area contributed by atoms with Crippen molar-refractivity contribution in [2.24, 2.45) is 0 Å². The fourth-order valence-corrected chi connectivity index (χ4v) is 5.86. The van der Waals surface area contributed by atoms with Gasteiger partial charge in [0.1, 0.15) is 11.8 Å². The first-order valence-corrected chi connectivity index (χ1v) is 16.1. The van der Waals surface area contributed by atoms with Gasteiger partial charge in [0.05, 0.1) is 23.8 Å². The first-order chi connectivity index (χ1) is 21.3. The summed E-state index contributed by atoms with van der Waals surface area (Å²) in [5.41, 5.74) is 0.00805. The van der Waals surface area contributed by atoms with E-state index in [1.807, 2.05) is 0 Å². The maximum absolute atomic E-state index is 16.4. The Balaban J connectivity index is 1.60. The van der Waals surface area contributed by atoms with Crippen LogP contribution in [0.25, 0.3) is 0 Å². The minimum atomic E-state index is -4.46. The average molecular weight is 643 g/mol. The summed E-state index contributed by atoms with van der Waals surface area (Å²) in [4.78, 5) is 38.7. The number of carbonyl (C=O) groups is 3. The number of hydrogen-bond acceptors (Lipinski definition) is 10. The normalized spacial score (nSPS) is 22.9. The van der Waals surface area contributed by atoms with Crippen molar-refractivity contribution in [1.29, 1.82) is 0 Å². The molecule has 4 rings (SSSR count). The van der Waals surface area contributed by atoms with Gasteiger partial charge >= 0.3 is 25.5 Å². The molecule has 3 aromatic carbocycles. The van der Waals surface area contributed by atoms with Crippen LogP contribution in [-0.2, 0) is 44.0 Å². The molecule has 0 saturated carbocycles. The second-order valence-corrected chi connectivity index (χ2v) is 13.4. The summed E-state index contributed by atoms with van der Waals surface area (Å²) in [6.45, 7) is 6.12. The van der Waals surface area contributed by atoms with Crippen LogP contribution in [0.15, 0.2) is 91.0 Å². The van der Waals surface area contributed by atoms with Crippen molar-refractivity contribution in [2.75, 3.05) is 6.16 Å². The van der Waals surface area contributed by atoms with Gasteiger partial charge in [0.15, 0.2) is 18.4 Å². The summed E-state index contributed by atoms with van der Waals surface area (Å²) < 4.78 is 63.8. The van der Waals surface area contributed by atoms with Gasteiger partial charge in [-0.1, -0.05) is 66.7 Å². The Labute approximate surface area is 261 Å². The highest BCUT2D eigenvalue weighted by Crippen LogP contribution is 2.52. The topological polar surface area (TPSA) is 124 Å². The molecule has 0 amide bonds. The molecule has 0 radical (unpaired) electrons. The predicted octanol–water partition coefficient (Wildman–Crippen LogP) is 6.29. The molecule has 12 heteroatoms. The molecule has 10 nitrogen and oxygen atoms in total. The molecule has 3 aromatic rings. The first-order valence-electron chi connectivity index (χ1n) is 14.3. The molecular weight excluding hydrogens is 606 g/mol.